The van der Waals surface area contributed by atoms with Crippen LogP contribution in [0.2, 0.25) is 0 Å². The van der Waals surface area contributed by atoms with Crippen LogP contribution in [0.1, 0.15) is 18.1 Å². The van der Waals surface area contributed by atoms with Crippen molar-refractivity contribution in [3.8, 4) is 17.2 Å². The van der Waals surface area contributed by atoms with Crippen LogP contribution in [0.3, 0.4) is 0 Å². The number of carbonyl (C=O) groups is 1. The van der Waals surface area contributed by atoms with Gasteiger partial charge in [0.05, 0.1) is 33.5 Å². The van der Waals surface area contributed by atoms with Gasteiger partial charge in [-0.3, -0.25) is 4.79 Å². The summed E-state index contributed by atoms with van der Waals surface area (Å²) in [4.78, 5) is 11.9. The summed E-state index contributed by atoms with van der Waals surface area (Å²) in [6.07, 6.45) is 1.80. The first kappa shape index (κ1) is 18.3. The van der Waals surface area contributed by atoms with E-state index in [2.05, 4.69) is 10.5 Å². The number of carbonyl (C=O) groups excluding carboxylic acids is 1. The summed E-state index contributed by atoms with van der Waals surface area (Å²) in [5.41, 5.74) is 4.19. The van der Waals surface area contributed by atoms with Crippen LogP contribution in [0.4, 0.5) is 0 Å². The Morgan fingerprint density at radius 2 is 1.80 bits per heavy atom. The van der Waals surface area contributed by atoms with Gasteiger partial charge < -0.3 is 14.2 Å². The maximum atomic E-state index is 11.9. The SMILES string of the molecule is CCOc1ccc(CC(=O)N/N=C/c2ccc(OC)c(OC)c2)cc1. The summed E-state index contributed by atoms with van der Waals surface area (Å²) in [7, 11) is 3.14. The second-order valence-corrected chi connectivity index (χ2v) is 5.16. The zero-order valence-corrected chi connectivity index (χ0v) is 14.6. The van der Waals surface area contributed by atoms with Gasteiger partial charge in [-0.1, -0.05) is 12.1 Å². The van der Waals surface area contributed by atoms with Gasteiger partial charge >= 0.3 is 0 Å². The van der Waals surface area contributed by atoms with E-state index >= 15 is 0 Å². The van der Waals surface area contributed by atoms with Crippen LogP contribution in [0.15, 0.2) is 47.6 Å². The Kier molecular flexibility index (Phi) is 6.83. The molecule has 6 nitrogen and oxygen atoms in total. The van der Waals surface area contributed by atoms with Gasteiger partial charge in [0.15, 0.2) is 11.5 Å². The highest BCUT2D eigenvalue weighted by atomic mass is 16.5. The molecule has 132 valence electrons. The summed E-state index contributed by atoms with van der Waals surface area (Å²) in [5, 5.41) is 3.97. The lowest BCUT2D eigenvalue weighted by Crippen LogP contribution is -2.19. The molecule has 2 rings (SSSR count). The van der Waals surface area contributed by atoms with Crippen molar-refractivity contribution in [2.45, 2.75) is 13.3 Å². The summed E-state index contributed by atoms with van der Waals surface area (Å²) in [6, 6.07) is 12.8. The van der Waals surface area contributed by atoms with Crippen molar-refractivity contribution in [2.75, 3.05) is 20.8 Å². The van der Waals surface area contributed by atoms with Crippen LogP contribution in [0.5, 0.6) is 17.2 Å². The highest BCUT2D eigenvalue weighted by molar-refractivity contribution is 5.84. The molecule has 0 aliphatic rings. The first-order valence-electron chi connectivity index (χ1n) is 7.92. The van der Waals surface area contributed by atoms with Crippen LogP contribution in [-0.2, 0) is 11.2 Å². The number of hydrogen-bond acceptors (Lipinski definition) is 5. The summed E-state index contributed by atoms with van der Waals surface area (Å²) >= 11 is 0. The Bertz CT molecular complexity index is 727. The third kappa shape index (κ3) is 5.53. The van der Waals surface area contributed by atoms with Gasteiger partial charge in [-0.2, -0.15) is 5.10 Å². The zero-order chi connectivity index (χ0) is 18.1. The van der Waals surface area contributed by atoms with E-state index < -0.39 is 0 Å². The molecule has 0 aliphatic carbocycles. The maximum Gasteiger partial charge on any atom is 0.244 e. The Hall–Kier alpha value is -3.02. The fourth-order valence-electron chi connectivity index (χ4n) is 2.21. The van der Waals surface area contributed by atoms with Crippen molar-refractivity contribution in [1.29, 1.82) is 0 Å². The smallest absolute Gasteiger partial charge is 0.244 e. The molecule has 2 aromatic carbocycles. The molecule has 0 saturated carbocycles. The largest absolute Gasteiger partial charge is 0.494 e. The van der Waals surface area contributed by atoms with Gasteiger partial charge in [0.2, 0.25) is 5.91 Å². The number of methoxy groups -OCH3 is 2. The average molecular weight is 342 g/mol. The molecule has 0 aromatic heterocycles. The van der Waals surface area contributed by atoms with Crippen LogP contribution < -0.4 is 19.6 Å². The fraction of sp³-hybridized carbons (Fsp3) is 0.263. The first-order chi connectivity index (χ1) is 12.2. The highest BCUT2D eigenvalue weighted by Crippen LogP contribution is 2.26. The van der Waals surface area contributed by atoms with Crippen molar-refractivity contribution >= 4 is 12.1 Å². The van der Waals surface area contributed by atoms with E-state index in [0.29, 0.717) is 18.1 Å². The Morgan fingerprint density at radius 1 is 1.08 bits per heavy atom. The van der Waals surface area contributed by atoms with Crippen molar-refractivity contribution in [3.05, 3.63) is 53.6 Å². The molecule has 1 N–H and O–H groups in total. The summed E-state index contributed by atoms with van der Waals surface area (Å²) < 4.78 is 15.8. The van der Waals surface area contributed by atoms with E-state index in [0.717, 1.165) is 16.9 Å². The molecule has 0 heterocycles. The van der Waals surface area contributed by atoms with Crippen LogP contribution in [-0.4, -0.2) is 32.9 Å². The molecule has 0 saturated heterocycles. The molecule has 2 aromatic rings. The Balaban J connectivity index is 1.89. The molecule has 0 atom stereocenters. The first-order valence-corrected chi connectivity index (χ1v) is 7.92. The lowest BCUT2D eigenvalue weighted by Gasteiger charge is -2.07. The second-order valence-electron chi connectivity index (χ2n) is 5.16. The summed E-state index contributed by atoms with van der Waals surface area (Å²) in [6.45, 7) is 2.54. The molecule has 0 bridgehead atoms. The van der Waals surface area contributed by atoms with Crippen LogP contribution >= 0.6 is 0 Å². The molecule has 0 fully saturated rings. The Morgan fingerprint density at radius 3 is 2.44 bits per heavy atom. The monoisotopic (exact) mass is 342 g/mol. The van der Waals surface area contributed by atoms with Crippen molar-refractivity contribution in [3.63, 3.8) is 0 Å². The van der Waals surface area contributed by atoms with Crippen molar-refractivity contribution in [2.24, 2.45) is 5.10 Å². The van der Waals surface area contributed by atoms with Crippen molar-refractivity contribution < 1.29 is 19.0 Å². The molecular weight excluding hydrogens is 320 g/mol. The number of ether oxygens (including phenoxy) is 3. The van der Waals surface area contributed by atoms with Gasteiger partial charge in [0.1, 0.15) is 5.75 Å². The minimum atomic E-state index is -0.194. The fourth-order valence-corrected chi connectivity index (χ4v) is 2.21. The molecular formula is C19H22N2O4. The second kappa shape index (κ2) is 9.32. The van der Waals surface area contributed by atoms with Gasteiger partial charge in [0.25, 0.3) is 0 Å². The minimum Gasteiger partial charge on any atom is -0.494 e. The zero-order valence-electron chi connectivity index (χ0n) is 14.6. The van der Waals surface area contributed by atoms with Crippen molar-refractivity contribution in [1.82, 2.24) is 5.43 Å². The van der Waals surface area contributed by atoms with E-state index in [4.69, 9.17) is 14.2 Å². The number of amides is 1. The molecule has 25 heavy (non-hydrogen) atoms. The third-order valence-corrected chi connectivity index (χ3v) is 3.41. The molecule has 0 radical (unpaired) electrons. The number of nitrogens with one attached hydrogen (secondary N) is 1. The molecule has 6 heteroatoms. The van der Waals surface area contributed by atoms with E-state index in [1.807, 2.05) is 37.3 Å². The van der Waals surface area contributed by atoms with Gasteiger partial charge in [-0.15, -0.1) is 0 Å². The number of hydrogen-bond donors (Lipinski definition) is 1. The highest BCUT2D eigenvalue weighted by Gasteiger charge is 2.04. The van der Waals surface area contributed by atoms with E-state index in [1.54, 1.807) is 32.6 Å². The average Bonchev–Trinajstić information content (AvgIpc) is 2.63. The lowest BCUT2D eigenvalue weighted by molar-refractivity contribution is -0.120. The normalized spacial score (nSPS) is 10.5. The molecule has 0 aliphatic heterocycles. The van der Waals surface area contributed by atoms with E-state index in [-0.39, 0.29) is 12.3 Å². The van der Waals surface area contributed by atoms with E-state index in [9.17, 15) is 4.79 Å². The van der Waals surface area contributed by atoms with Crippen LogP contribution in [0.25, 0.3) is 0 Å². The number of hydrazone groups is 1. The lowest BCUT2D eigenvalue weighted by atomic mass is 10.1. The number of benzene rings is 2. The maximum absolute atomic E-state index is 11.9. The predicted octanol–water partition coefficient (Wildman–Crippen LogP) is 2.80. The van der Waals surface area contributed by atoms with Gasteiger partial charge in [0, 0.05) is 0 Å². The third-order valence-electron chi connectivity index (χ3n) is 3.41. The van der Waals surface area contributed by atoms with E-state index in [1.165, 1.54) is 0 Å². The molecule has 0 unspecified atom stereocenters. The molecule has 1 amide bonds. The summed E-state index contributed by atoms with van der Waals surface area (Å²) in [5.74, 6) is 1.84. The molecule has 0 spiro atoms. The van der Waals surface area contributed by atoms with Crippen LogP contribution in [0, 0.1) is 0 Å². The topological polar surface area (TPSA) is 69.2 Å². The van der Waals surface area contributed by atoms with Gasteiger partial charge in [-0.25, -0.2) is 5.43 Å². The predicted molar refractivity (Wildman–Crippen MR) is 96.6 cm³/mol. The quantitative estimate of drug-likeness (QED) is 0.592. The number of nitrogens with zero attached hydrogens (tertiary/aromatic N) is 1. The number of rotatable bonds is 8. The van der Waals surface area contributed by atoms with Gasteiger partial charge in [-0.05, 0) is 48.4 Å². The minimum absolute atomic E-state index is 0.194. The Labute approximate surface area is 147 Å². The standard InChI is InChI=1S/C19H22N2O4/c1-4-25-16-8-5-14(6-9-16)12-19(22)21-20-13-15-7-10-17(23-2)18(11-15)24-3/h5-11,13H,4,12H2,1-3H3,(H,21,22)/b20-13+.